The number of rotatable bonds is 8. The van der Waals surface area contributed by atoms with Crippen LogP contribution in [0.2, 0.25) is 5.02 Å². The average molecular weight is 644 g/mol. The van der Waals surface area contributed by atoms with Gasteiger partial charge in [0.05, 0.1) is 17.3 Å². The second kappa shape index (κ2) is 13.0. The number of carbonyl (C=O) groups excluding carboxylic acids is 1. The van der Waals surface area contributed by atoms with Crippen LogP contribution in [0, 0.1) is 6.57 Å². The zero-order valence-corrected chi connectivity index (χ0v) is 26.8. The Morgan fingerprint density at radius 3 is 2.59 bits per heavy atom. The second-order valence-corrected chi connectivity index (χ2v) is 13.2. The molecule has 3 fully saturated rings. The summed E-state index contributed by atoms with van der Waals surface area (Å²) in [5.41, 5.74) is 3.00. The minimum absolute atomic E-state index is 0.0699. The molecule has 7 rings (SSSR count). The van der Waals surface area contributed by atoms with Crippen LogP contribution in [0.5, 0.6) is 6.01 Å². The SMILES string of the molecule is [C-]#[N+]C[C@H]1CN(c2nc(OCC3CCN3C3CCCC3)nc3c2CCN(c2cccc4cccc(Cl)c24)C3)CCN1C(=O)C(=C)F. The van der Waals surface area contributed by atoms with E-state index >= 15 is 0 Å². The second-order valence-electron chi connectivity index (χ2n) is 12.8. The van der Waals surface area contributed by atoms with Crippen LogP contribution in [0.4, 0.5) is 15.9 Å². The number of hydrogen-bond acceptors (Lipinski definition) is 7. The maximum atomic E-state index is 13.9. The Labute approximate surface area is 274 Å². The molecule has 1 amide bonds. The number of fused-ring (bicyclic) bond motifs is 2. The van der Waals surface area contributed by atoms with E-state index < -0.39 is 17.8 Å². The normalized spacial score (nSPS) is 22.0. The molecule has 0 radical (unpaired) electrons. The van der Waals surface area contributed by atoms with Crippen molar-refractivity contribution in [1.82, 2.24) is 19.8 Å². The number of aromatic nitrogens is 2. The van der Waals surface area contributed by atoms with E-state index in [-0.39, 0.29) is 13.1 Å². The van der Waals surface area contributed by atoms with Crippen molar-refractivity contribution in [3.8, 4) is 6.01 Å². The largest absolute Gasteiger partial charge is 0.462 e. The number of ether oxygens (including phenoxy) is 1. The Hall–Kier alpha value is -3.94. The van der Waals surface area contributed by atoms with Crippen LogP contribution in [-0.4, -0.2) is 89.7 Å². The molecule has 0 bridgehead atoms. The zero-order chi connectivity index (χ0) is 31.8. The maximum Gasteiger partial charge on any atom is 0.318 e. The highest BCUT2D eigenvalue weighted by molar-refractivity contribution is 6.36. The summed E-state index contributed by atoms with van der Waals surface area (Å²) in [7, 11) is 0. The minimum Gasteiger partial charge on any atom is -0.462 e. The first-order valence-corrected chi connectivity index (χ1v) is 16.7. The fourth-order valence-electron chi connectivity index (χ4n) is 7.72. The van der Waals surface area contributed by atoms with Gasteiger partial charge in [-0.05, 0) is 43.2 Å². The molecule has 11 heteroatoms. The molecule has 4 aliphatic rings. The Kier molecular flexibility index (Phi) is 8.71. The van der Waals surface area contributed by atoms with Gasteiger partial charge in [-0.25, -0.2) is 11.0 Å². The fraction of sp³-hybridized carbons (Fsp3) is 0.486. The molecule has 1 unspecified atom stereocenters. The summed E-state index contributed by atoms with van der Waals surface area (Å²) in [5, 5.41) is 2.83. The van der Waals surface area contributed by atoms with Crippen molar-refractivity contribution >= 4 is 39.8 Å². The number of halogens is 2. The van der Waals surface area contributed by atoms with Crippen LogP contribution in [0.3, 0.4) is 0 Å². The first kappa shape index (κ1) is 30.7. The third-order valence-corrected chi connectivity index (χ3v) is 10.5. The molecule has 2 aromatic carbocycles. The number of carbonyl (C=O) groups is 1. The molecule has 9 nitrogen and oxygen atoms in total. The maximum absolute atomic E-state index is 13.9. The van der Waals surface area contributed by atoms with Crippen molar-refractivity contribution in [2.45, 2.75) is 63.2 Å². The van der Waals surface area contributed by atoms with Gasteiger partial charge in [-0.3, -0.25) is 9.69 Å². The molecule has 4 heterocycles. The summed E-state index contributed by atoms with van der Waals surface area (Å²) >= 11 is 6.71. The monoisotopic (exact) mass is 643 g/mol. The Morgan fingerprint density at radius 1 is 1.04 bits per heavy atom. The van der Waals surface area contributed by atoms with E-state index in [4.69, 9.17) is 32.9 Å². The lowest BCUT2D eigenvalue weighted by Crippen LogP contribution is -2.57. The summed E-state index contributed by atoms with van der Waals surface area (Å²) in [6.45, 7) is 14.8. The smallest absolute Gasteiger partial charge is 0.318 e. The molecular weight excluding hydrogens is 605 g/mol. The number of piperazine rings is 1. The molecule has 0 N–H and O–H groups in total. The summed E-state index contributed by atoms with van der Waals surface area (Å²) in [6.07, 6.45) is 6.95. The van der Waals surface area contributed by atoms with Crippen molar-refractivity contribution in [2.75, 3.05) is 55.7 Å². The van der Waals surface area contributed by atoms with E-state index in [2.05, 4.69) is 50.4 Å². The van der Waals surface area contributed by atoms with Gasteiger partial charge in [0.2, 0.25) is 6.54 Å². The average Bonchev–Trinajstić information content (AvgIpc) is 3.57. The van der Waals surface area contributed by atoms with Gasteiger partial charge in [0.1, 0.15) is 18.5 Å². The lowest BCUT2D eigenvalue weighted by atomic mass is 9.99. The van der Waals surface area contributed by atoms with E-state index in [0.29, 0.717) is 55.8 Å². The third kappa shape index (κ3) is 5.87. The van der Waals surface area contributed by atoms with Crippen LogP contribution in [0.1, 0.15) is 43.4 Å². The van der Waals surface area contributed by atoms with Crippen molar-refractivity contribution < 1.29 is 13.9 Å². The highest BCUT2D eigenvalue weighted by Crippen LogP contribution is 2.38. The lowest BCUT2D eigenvalue weighted by Gasteiger charge is -2.44. The van der Waals surface area contributed by atoms with Gasteiger partial charge >= 0.3 is 6.01 Å². The highest BCUT2D eigenvalue weighted by Gasteiger charge is 2.38. The van der Waals surface area contributed by atoms with E-state index in [0.717, 1.165) is 53.0 Å². The number of benzene rings is 2. The van der Waals surface area contributed by atoms with Gasteiger partial charge < -0.3 is 24.3 Å². The van der Waals surface area contributed by atoms with E-state index in [1.54, 1.807) is 0 Å². The van der Waals surface area contributed by atoms with Crippen LogP contribution in [-0.2, 0) is 17.8 Å². The van der Waals surface area contributed by atoms with Crippen molar-refractivity contribution in [3.05, 3.63) is 76.5 Å². The van der Waals surface area contributed by atoms with Crippen molar-refractivity contribution in [1.29, 1.82) is 0 Å². The Bertz CT molecular complexity index is 1680. The standard InChI is InChI=1S/C35H39ClFN7O2/c1-23(37)34(45)44-18-17-42(20-27(44)19-38-2)33-28-14-15-41(31-12-6-8-24-7-5-11-29(36)32(24)31)21-30(28)39-35(40-33)46-22-26-13-16-43(26)25-9-3-4-10-25/h5-8,11-12,25-27H,1,3-4,9-10,13-22H2/t26?,27-/m0/s1. The molecule has 46 heavy (non-hydrogen) atoms. The summed E-state index contributed by atoms with van der Waals surface area (Å²) < 4.78 is 20.3. The van der Waals surface area contributed by atoms with Crippen LogP contribution >= 0.6 is 11.6 Å². The van der Waals surface area contributed by atoms with E-state index in [1.165, 1.54) is 30.6 Å². The van der Waals surface area contributed by atoms with Crippen LogP contribution in [0.15, 0.2) is 48.8 Å². The topological polar surface area (TPSA) is 69.4 Å². The lowest BCUT2D eigenvalue weighted by molar-refractivity contribution is -0.131. The van der Waals surface area contributed by atoms with Crippen molar-refractivity contribution in [3.63, 3.8) is 0 Å². The van der Waals surface area contributed by atoms with Crippen LogP contribution < -0.4 is 14.5 Å². The first-order valence-electron chi connectivity index (χ1n) is 16.4. The molecule has 1 aromatic heterocycles. The highest BCUT2D eigenvalue weighted by atomic mass is 35.5. The summed E-state index contributed by atoms with van der Waals surface area (Å²) in [4.78, 5) is 34.6. The minimum atomic E-state index is -1.00. The Morgan fingerprint density at radius 2 is 1.85 bits per heavy atom. The summed E-state index contributed by atoms with van der Waals surface area (Å²) in [5.74, 6) is -0.980. The zero-order valence-electron chi connectivity index (χ0n) is 26.0. The van der Waals surface area contributed by atoms with E-state index in [1.807, 2.05) is 12.1 Å². The van der Waals surface area contributed by atoms with Gasteiger partial charge in [-0.2, -0.15) is 9.97 Å². The third-order valence-electron chi connectivity index (χ3n) is 10.2. The molecular formula is C35H39ClFN7O2. The van der Waals surface area contributed by atoms with E-state index in [9.17, 15) is 9.18 Å². The van der Waals surface area contributed by atoms with Gasteiger partial charge in [0, 0.05) is 61.4 Å². The van der Waals surface area contributed by atoms with Crippen molar-refractivity contribution in [2.24, 2.45) is 0 Å². The predicted octanol–water partition coefficient (Wildman–Crippen LogP) is 5.66. The summed E-state index contributed by atoms with van der Waals surface area (Å²) in [6, 6.07) is 13.1. The first-order chi connectivity index (χ1) is 22.4. The fourth-order valence-corrected chi connectivity index (χ4v) is 8.00. The molecule has 1 saturated carbocycles. The Balaban J connectivity index is 1.19. The molecule has 3 aromatic rings. The number of hydrogen-bond donors (Lipinski definition) is 0. The number of amides is 1. The number of likely N-dealkylation sites (tertiary alicyclic amines) is 1. The molecule has 240 valence electrons. The number of anilines is 2. The molecule has 2 atom stereocenters. The van der Waals surface area contributed by atoms with Gasteiger partial charge in [0.25, 0.3) is 5.91 Å². The predicted molar refractivity (Wildman–Crippen MR) is 178 cm³/mol. The molecule has 1 aliphatic carbocycles. The van der Waals surface area contributed by atoms with Gasteiger partial charge in [0.15, 0.2) is 5.83 Å². The molecule has 2 saturated heterocycles. The van der Waals surface area contributed by atoms with Gasteiger partial charge in [-0.15, -0.1) is 0 Å². The molecule has 3 aliphatic heterocycles. The van der Waals surface area contributed by atoms with Crippen LogP contribution in [0.25, 0.3) is 15.6 Å². The quantitative estimate of drug-likeness (QED) is 0.232. The van der Waals surface area contributed by atoms with Gasteiger partial charge in [-0.1, -0.05) is 55.3 Å². The molecule has 0 spiro atoms. The number of nitrogens with zero attached hydrogens (tertiary/aromatic N) is 7.